The van der Waals surface area contributed by atoms with Crippen molar-refractivity contribution < 1.29 is 14.3 Å². The van der Waals surface area contributed by atoms with Gasteiger partial charge in [-0.15, -0.1) is 0 Å². The SMILES string of the molecule is CN(C(=O)OCc1ccccc1)c1ccc(C(=O)N=[N+]=[N-])cc1. The molecule has 0 saturated carbocycles. The summed E-state index contributed by atoms with van der Waals surface area (Å²) in [5, 5.41) is 3.00. The minimum atomic E-state index is -0.673. The first-order valence-corrected chi connectivity index (χ1v) is 6.75. The second-order valence-electron chi connectivity index (χ2n) is 4.64. The predicted octanol–water partition coefficient (Wildman–Crippen LogP) is 3.91. The van der Waals surface area contributed by atoms with Gasteiger partial charge in [-0.05, 0) is 40.5 Å². The van der Waals surface area contributed by atoms with Gasteiger partial charge in [0.1, 0.15) is 6.61 Å². The highest BCUT2D eigenvalue weighted by Crippen LogP contribution is 2.16. The quantitative estimate of drug-likeness (QED) is 0.486. The third-order valence-corrected chi connectivity index (χ3v) is 3.12. The highest BCUT2D eigenvalue weighted by Gasteiger charge is 2.13. The Morgan fingerprint density at radius 1 is 1.13 bits per heavy atom. The third kappa shape index (κ3) is 4.33. The van der Waals surface area contributed by atoms with Crippen LogP contribution >= 0.6 is 0 Å². The molecule has 0 N–H and O–H groups in total. The molecule has 0 bridgehead atoms. The topological polar surface area (TPSA) is 95.4 Å². The van der Waals surface area contributed by atoms with Crippen molar-refractivity contribution in [2.75, 3.05) is 11.9 Å². The monoisotopic (exact) mass is 310 g/mol. The summed E-state index contributed by atoms with van der Waals surface area (Å²) in [6.45, 7) is 0.178. The number of carbonyl (C=O) groups excluding carboxylic acids is 2. The molecule has 0 atom stereocenters. The highest BCUT2D eigenvalue weighted by molar-refractivity contribution is 5.95. The lowest BCUT2D eigenvalue weighted by atomic mass is 10.2. The van der Waals surface area contributed by atoms with E-state index in [4.69, 9.17) is 10.3 Å². The second-order valence-corrected chi connectivity index (χ2v) is 4.64. The van der Waals surface area contributed by atoms with Crippen LogP contribution in [-0.4, -0.2) is 19.0 Å². The van der Waals surface area contributed by atoms with Crippen molar-refractivity contribution in [2.24, 2.45) is 5.11 Å². The molecule has 7 nitrogen and oxygen atoms in total. The van der Waals surface area contributed by atoms with Gasteiger partial charge in [0, 0.05) is 23.2 Å². The van der Waals surface area contributed by atoms with Gasteiger partial charge < -0.3 is 4.74 Å². The van der Waals surface area contributed by atoms with E-state index in [1.54, 1.807) is 19.2 Å². The molecule has 2 aromatic carbocycles. The molecule has 7 heteroatoms. The number of amides is 2. The summed E-state index contributed by atoms with van der Waals surface area (Å²) in [7, 11) is 1.57. The van der Waals surface area contributed by atoms with Crippen molar-refractivity contribution in [3.05, 3.63) is 76.2 Å². The molecule has 0 saturated heterocycles. The maximum absolute atomic E-state index is 12.0. The van der Waals surface area contributed by atoms with Gasteiger partial charge in [-0.3, -0.25) is 9.69 Å². The summed E-state index contributed by atoms with van der Waals surface area (Å²) >= 11 is 0. The van der Waals surface area contributed by atoms with Crippen LogP contribution in [0.4, 0.5) is 10.5 Å². The van der Waals surface area contributed by atoms with Gasteiger partial charge in [0.05, 0.1) is 0 Å². The number of hydrogen-bond acceptors (Lipinski definition) is 3. The van der Waals surface area contributed by atoms with Crippen molar-refractivity contribution >= 4 is 17.7 Å². The van der Waals surface area contributed by atoms with Gasteiger partial charge in [0.25, 0.3) is 0 Å². The van der Waals surface area contributed by atoms with Crippen molar-refractivity contribution in [1.82, 2.24) is 0 Å². The van der Waals surface area contributed by atoms with Crippen LogP contribution in [0.5, 0.6) is 0 Å². The predicted molar refractivity (Wildman–Crippen MR) is 84.9 cm³/mol. The number of azide groups is 1. The molecule has 0 heterocycles. The Bertz CT molecular complexity index is 738. The first-order chi connectivity index (χ1) is 11.1. The molecule has 116 valence electrons. The first kappa shape index (κ1) is 16.1. The summed E-state index contributed by atoms with van der Waals surface area (Å²) in [5.74, 6) is -0.673. The fourth-order valence-electron chi connectivity index (χ4n) is 1.85. The number of ether oxygens (including phenoxy) is 1. The summed E-state index contributed by atoms with van der Waals surface area (Å²) in [6.07, 6.45) is -0.511. The third-order valence-electron chi connectivity index (χ3n) is 3.12. The van der Waals surface area contributed by atoms with Crippen LogP contribution in [0.15, 0.2) is 59.7 Å². The van der Waals surface area contributed by atoms with E-state index in [2.05, 4.69) is 10.0 Å². The fourth-order valence-corrected chi connectivity index (χ4v) is 1.85. The van der Waals surface area contributed by atoms with E-state index < -0.39 is 12.0 Å². The zero-order chi connectivity index (χ0) is 16.7. The lowest BCUT2D eigenvalue weighted by Crippen LogP contribution is -2.26. The zero-order valence-corrected chi connectivity index (χ0v) is 12.4. The van der Waals surface area contributed by atoms with Gasteiger partial charge in [0.15, 0.2) is 0 Å². The molecule has 0 aromatic heterocycles. The van der Waals surface area contributed by atoms with Crippen LogP contribution < -0.4 is 4.90 Å². The number of nitrogens with zero attached hydrogens (tertiary/aromatic N) is 4. The molecule has 2 rings (SSSR count). The largest absolute Gasteiger partial charge is 0.444 e. The number of hydrogen-bond donors (Lipinski definition) is 0. The van der Waals surface area contributed by atoms with Gasteiger partial charge in [-0.1, -0.05) is 30.3 Å². The van der Waals surface area contributed by atoms with Crippen molar-refractivity contribution in [3.8, 4) is 0 Å². The standard InChI is InChI=1S/C16H14N4O3/c1-20(16(22)23-11-12-5-3-2-4-6-12)14-9-7-13(8-10-14)15(21)18-19-17/h2-10H,11H2,1H3. The van der Waals surface area contributed by atoms with E-state index >= 15 is 0 Å². The average Bonchev–Trinajstić information content (AvgIpc) is 2.60. The van der Waals surface area contributed by atoms with E-state index in [-0.39, 0.29) is 12.2 Å². The molecular weight excluding hydrogens is 296 g/mol. The Balaban J connectivity index is 1.99. The van der Waals surface area contributed by atoms with Crippen LogP contribution in [0.1, 0.15) is 15.9 Å². The van der Waals surface area contributed by atoms with E-state index in [1.807, 2.05) is 30.3 Å². The summed E-state index contributed by atoms with van der Waals surface area (Å²) in [6, 6.07) is 15.5. The minimum absolute atomic E-state index is 0.178. The summed E-state index contributed by atoms with van der Waals surface area (Å²) in [4.78, 5) is 27.2. The van der Waals surface area contributed by atoms with Gasteiger partial charge in [-0.2, -0.15) is 0 Å². The minimum Gasteiger partial charge on any atom is -0.444 e. The van der Waals surface area contributed by atoms with E-state index in [1.165, 1.54) is 17.0 Å². The lowest BCUT2D eigenvalue weighted by Gasteiger charge is -2.17. The number of benzene rings is 2. The molecular formula is C16H14N4O3. The molecule has 0 unspecified atom stereocenters. The number of carbonyl (C=O) groups is 2. The number of rotatable bonds is 4. The normalized spacial score (nSPS) is 9.61. The van der Waals surface area contributed by atoms with Crippen molar-refractivity contribution in [2.45, 2.75) is 6.61 Å². The van der Waals surface area contributed by atoms with Gasteiger partial charge in [-0.25, -0.2) is 4.79 Å². The smallest absolute Gasteiger partial charge is 0.414 e. The number of anilines is 1. The first-order valence-electron chi connectivity index (χ1n) is 6.75. The average molecular weight is 310 g/mol. The zero-order valence-electron chi connectivity index (χ0n) is 12.4. The van der Waals surface area contributed by atoms with Gasteiger partial charge in [0.2, 0.25) is 5.91 Å². The van der Waals surface area contributed by atoms with Crippen molar-refractivity contribution in [1.29, 1.82) is 0 Å². The molecule has 0 aliphatic carbocycles. The molecule has 23 heavy (non-hydrogen) atoms. The summed E-state index contributed by atoms with van der Waals surface area (Å²) in [5.41, 5.74) is 9.93. The van der Waals surface area contributed by atoms with Crippen LogP contribution in [0.25, 0.3) is 10.4 Å². The van der Waals surface area contributed by atoms with E-state index in [0.717, 1.165) is 5.56 Å². The molecule has 0 radical (unpaired) electrons. The van der Waals surface area contributed by atoms with Crippen LogP contribution in [-0.2, 0) is 11.3 Å². The molecule has 2 amide bonds. The molecule has 0 fully saturated rings. The maximum atomic E-state index is 12.0. The Labute approximate surface area is 132 Å². The van der Waals surface area contributed by atoms with Crippen molar-refractivity contribution in [3.63, 3.8) is 0 Å². The maximum Gasteiger partial charge on any atom is 0.414 e. The lowest BCUT2D eigenvalue weighted by molar-refractivity contribution is 0.100. The second kappa shape index (κ2) is 7.63. The Kier molecular flexibility index (Phi) is 5.33. The fraction of sp³-hybridized carbons (Fsp3) is 0.125. The molecule has 0 spiro atoms. The molecule has 0 aliphatic heterocycles. The van der Waals surface area contributed by atoms with Crippen LogP contribution in [0, 0.1) is 0 Å². The van der Waals surface area contributed by atoms with E-state index in [0.29, 0.717) is 5.69 Å². The molecule has 2 aromatic rings. The molecule has 0 aliphatic rings. The van der Waals surface area contributed by atoms with Crippen LogP contribution in [0.3, 0.4) is 0 Å². The summed E-state index contributed by atoms with van der Waals surface area (Å²) < 4.78 is 5.21. The Morgan fingerprint density at radius 2 is 1.78 bits per heavy atom. The Hall–Kier alpha value is -3.31. The Morgan fingerprint density at radius 3 is 2.39 bits per heavy atom. The van der Waals surface area contributed by atoms with Crippen LogP contribution in [0.2, 0.25) is 0 Å². The van der Waals surface area contributed by atoms with Gasteiger partial charge >= 0.3 is 6.09 Å². The highest BCUT2D eigenvalue weighted by atomic mass is 16.6. The van der Waals surface area contributed by atoms with E-state index in [9.17, 15) is 9.59 Å².